The first-order valence-corrected chi connectivity index (χ1v) is 11.5. The molecule has 1 fully saturated rings. The molecule has 1 saturated carbocycles. The van der Waals surface area contributed by atoms with E-state index in [1.165, 1.54) is 27.6 Å². The van der Waals surface area contributed by atoms with Crippen LogP contribution in [0, 0.1) is 0 Å². The maximum Gasteiger partial charge on any atom is 0.419 e. The number of hydrogen-bond donors (Lipinski definition) is 1. The largest absolute Gasteiger partial charge is 0.419 e. The third kappa shape index (κ3) is 4.66. The Bertz CT molecular complexity index is 1490. The van der Waals surface area contributed by atoms with Gasteiger partial charge in [-0.05, 0) is 63.3 Å². The second-order valence-corrected chi connectivity index (χ2v) is 9.14. The van der Waals surface area contributed by atoms with Gasteiger partial charge in [-0.1, -0.05) is 6.07 Å². The summed E-state index contributed by atoms with van der Waals surface area (Å²) in [4.78, 5) is 27.4. The van der Waals surface area contributed by atoms with E-state index in [1.807, 2.05) is 19.0 Å². The maximum atomic E-state index is 13.2. The van der Waals surface area contributed by atoms with E-state index in [9.17, 15) is 22.8 Å². The number of carbonyl (C=O) groups is 1. The van der Waals surface area contributed by atoms with Gasteiger partial charge in [0, 0.05) is 24.7 Å². The first-order chi connectivity index (χ1) is 17.1. The molecule has 0 saturated heterocycles. The number of oxazole rings is 1. The number of hydrogen-bond acceptors (Lipinski definition) is 5. The van der Waals surface area contributed by atoms with Crippen molar-refractivity contribution < 1.29 is 22.4 Å². The molecule has 4 aromatic rings. The normalized spacial score (nSPS) is 14.1. The number of anilines is 1. The molecule has 36 heavy (non-hydrogen) atoms. The number of carbonyl (C=O) groups excluding carboxylic acids is 1. The summed E-state index contributed by atoms with van der Waals surface area (Å²) in [5, 5.41) is 7.10. The molecule has 1 aliphatic carbocycles. The second-order valence-electron chi connectivity index (χ2n) is 9.14. The second kappa shape index (κ2) is 8.98. The first-order valence-electron chi connectivity index (χ1n) is 11.5. The van der Waals surface area contributed by atoms with Gasteiger partial charge in [-0.15, -0.1) is 0 Å². The monoisotopic (exact) mass is 499 g/mol. The Labute approximate surface area is 203 Å². The van der Waals surface area contributed by atoms with Crippen LogP contribution in [0.15, 0.2) is 57.9 Å². The highest BCUT2D eigenvalue weighted by Crippen LogP contribution is 2.43. The fourth-order valence-corrected chi connectivity index (χ4v) is 4.15. The van der Waals surface area contributed by atoms with Gasteiger partial charge in [-0.25, -0.2) is 9.48 Å². The molecule has 1 aliphatic rings. The van der Waals surface area contributed by atoms with Crippen LogP contribution in [-0.2, 0) is 12.7 Å². The molecule has 5 rings (SSSR count). The topological polar surface area (TPSA) is 85.3 Å². The Morgan fingerprint density at radius 2 is 1.97 bits per heavy atom. The van der Waals surface area contributed by atoms with Crippen molar-refractivity contribution in [3.63, 3.8) is 0 Å². The van der Waals surface area contributed by atoms with Crippen molar-refractivity contribution in [1.82, 2.24) is 19.2 Å². The molecular formula is C25H24F3N5O3. The minimum Gasteiger partial charge on any atom is -0.408 e. The van der Waals surface area contributed by atoms with E-state index < -0.39 is 23.4 Å². The van der Waals surface area contributed by atoms with Crippen LogP contribution in [0.4, 0.5) is 18.9 Å². The summed E-state index contributed by atoms with van der Waals surface area (Å²) in [6.45, 7) is 1.05. The molecule has 11 heteroatoms. The Kier molecular flexibility index (Phi) is 5.95. The summed E-state index contributed by atoms with van der Waals surface area (Å²) in [5.74, 6) is -0.871. The van der Waals surface area contributed by atoms with Crippen molar-refractivity contribution in [2.75, 3.05) is 26.0 Å². The van der Waals surface area contributed by atoms with Gasteiger partial charge in [0.15, 0.2) is 5.58 Å². The lowest BCUT2D eigenvalue weighted by Gasteiger charge is -2.12. The molecule has 8 nitrogen and oxygen atoms in total. The molecule has 0 spiro atoms. The minimum absolute atomic E-state index is 0.0374. The molecule has 2 aromatic carbocycles. The van der Waals surface area contributed by atoms with Crippen molar-refractivity contribution in [3.05, 3.63) is 76.0 Å². The quantitative estimate of drug-likeness (QED) is 0.405. The number of alkyl halides is 3. The van der Waals surface area contributed by atoms with Crippen molar-refractivity contribution in [1.29, 1.82) is 0 Å². The lowest BCUT2D eigenvalue weighted by Crippen LogP contribution is -2.23. The van der Waals surface area contributed by atoms with Gasteiger partial charge in [0.05, 0.1) is 34.2 Å². The summed E-state index contributed by atoms with van der Waals surface area (Å²) in [6, 6.07) is 9.81. The summed E-state index contributed by atoms with van der Waals surface area (Å²) in [5.41, 5.74) is 1.77. The number of benzene rings is 2. The lowest BCUT2D eigenvalue weighted by molar-refractivity contribution is -0.137. The zero-order valence-corrected chi connectivity index (χ0v) is 19.7. The van der Waals surface area contributed by atoms with Crippen LogP contribution in [0.25, 0.3) is 16.8 Å². The Balaban J connectivity index is 1.45. The fraction of sp³-hybridized carbons (Fsp3) is 0.320. The highest BCUT2D eigenvalue weighted by molar-refractivity contribution is 6.05. The number of likely N-dealkylation sites (N-methyl/N-ethyl adjacent to an activating group) is 1. The maximum absolute atomic E-state index is 13.2. The molecular weight excluding hydrogens is 475 g/mol. The highest BCUT2D eigenvalue weighted by atomic mass is 19.4. The zero-order chi connectivity index (χ0) is 25.6. The van der Waals surface area contributed by atoms with E-state index in [1.54, 1.807) is 18.2 Å². The summed E-state index contributed by atoms with van der Waals surface area (Å²) < 4.78 is 47.9. The van der Waals surface area contributed by atoms with Crippen molar-refractivity contribution >= 4 is 22.7 Å². The van der Waals surface area contributed by atoms with E-state index in [4.69, 9.17) is 4.42 Å². The Morgan fingerprint density at radius 3 is 2.67 bits per heavy atom. The first kappa shape index (κ1) is 23.9. The highest BCUT2D eigenvalue weighted by Gasteiger charge is 2.34. The molecule has 1 N–H and O–H groups in total. The van der Waals surface area contributed by atoms with E-state index >= 15 is 0 Å². The molecule has 0 radical (unpaired) electrons. The van der Waals surface area contributed by atoms with Gasteiger partial charge in [-0.3, -0.25) is 9.36 Å². The van der Waals surface area contributed by atoms with Gasteiger partial charge >= 0.3 is 11.9 Å². The van der Waals surface area contributed by atoms with E-state index in [0.717, 1.165) is 25.0 Å². The third-order valence-electron chi connectivity index (χ3n) is 6.13. The number of nitrogens with one attached hydrogen (secondary N) is 1. The van der Waals surface area contributed by atoms with Crippen molar-refractivity contribution in [2.45, 2.75) is 31.5 Å². The number of nitrogens with zero attached hydrogens (tertiary/aromatic N) is 4. The van der Waals surface area contributed by atoms with E-state index in [2.05, 4.69) is 10.4 Å². The zero-order valence-electron chi connectivity index (χ0n) is 19.7. The van der Waals surface area contributed by atoms with Crippen molar-refractivity contribution in [2.24, 2.45) is 0 Å². The number of fused-ring (bicyclic) bond motifs is 1. The fourth-order valence-electron chi connectivity index (χ4n) is 4.15. The molecule has 2 heterocycles. The van der Waals surface area contributed by atoms with Gasteiger partial charge < -0.3 is 14.6 Å². The molecule has 188 valence electrons. The smallest absolute Gasteiger partial charge is 0.408 e. The van der Waals surface area contributed by atoms with Gasteiger partial charge in [0.25, 0.3) is 5.91 Å². The predicted octanol–water partition coefficient (Wildman–Crippen LogP) is 4.49. The Hall–Kier alpha value is -3.86. The molecule has 0 unspecified atom stereocenters. The summed E-state index contributed by atoms with van der Waals surface area (Å²) in [7, 11) is 3.80. The number of aromatic nitrogens is 3. The van der Waals surface area contributed by atoms with Crippen LogP contribution in [0.1, 0.15) is 40.4 Å². The van der Waals surface area contributed by atoms with Crippen LogP contribution < -0.4 is 11.1 Å². The number of amides is 1. The van der Waals surface area contributed by atoms with Gasteiger partial charge in [0.1, 0.15) is 0 Å². The average molecular weight is 499 g/mol. The van der Waals surface area contributed by atoms with Gasteiger partial charge in [0.2, 0.25) is 0 Å². The van der Waals surface area contributed by atoms with Crippen LogP contribution >= 0.6 is 0 Å². The Morgan fingerprint density at radius 1 is 1.19 bits per heavy atom. The van der Waals surface area contributed by atoms with Crippen LogP contribution in [0.3, 0.4) is 0 Å². The molecule has 0 atom stereocenters. The van der Waals surface area contributed by atoms with Crippen LogP contribution in [-0.4, -0.2) is 45.8 Å². The van der Waals surface area contributed by atoms with Crippen molar-refractivity contribution in [3.8, 4) is 5.69 Å². The molecule has 0 bridgehead atoms. The molecule has 2 aromatic heterocycles. The SMILES string of the molecule is CN(C)CCn1c(=O)oc2ccc(NC(=O)c3cnn(-c4cccc(C(F)(F)F)c4)c3C3CC3)cc21. The predicted molar refractivity (Wildman–Crippen MR) is 128 cm³/mol. The summed E-state index contributed by atoms with van der Waals surface area (Å²) in [6.07, 6.45) is -1.46. The summed E-state index contributed by atoms with van der Waals surface area (Å²) >= 11 is 0. The van der Waals surface area contributed by atoms with Gasteiger partial charge in [-0.2, -0.15) is 18.3 Å². The lowest BCUT2D eigenvalue weighted by atomic mass is 10.1. The third-order valence-corrected chi connectivity index (χ3v) is 6.13. The van der Waals surface area contributed by atoms with Crippen LogP contribution in [0.2, 0.25) is 0 Å². The van der Waals surface area contributed by atoms with Crippen LogP contribution in [0.5, 0.6) is 0 Å². The van der Waals surface area contributed by atoms with E-state index in [-0.39, 0.29) is 11.6 Å². The van der Waals surface area contributed by atoms with E-state index in [0.29, 0.717) is 41.1 Å². The average Bonchev–Trinajstić information content (AvgIpc) is 3.48. The molecule has 1 amide bonds. The number of rotatable bonds is 7. The number of halogens is 3. The standard InChI is InChI=1S/C25H24F3N5O3/c1-31(2)10-11-32-20-13-17(8-9-21(20)36-24(32)35)30-23(34)19-14-29-33(22(19)15-6-7-15)18-5-3-4-16(12-18)25(26,27)28/h3-5,8-9,12-15H,6-7,10-11H2,1-2H3,(H,30,34). The minimum atomic E-state index is -4.48. The molecule has 0 aliphatic heterocycles.